The van der Waals surface area contributed by atoms with E-state index in [1.165, 1.54) is 127 Å². The number of ether oxygens (including phenoxy) is 2. The molecule has 9 heteroatoms. The van der Waals surface area contributed by atoms with Crippen LogP contribution in [0.2, 0.25) is 0 Å². The molecule has 1 fully saturated rings. The zero-order chi connectivity index (χ0) is 40.2. The van der Waals surface area contributed by atoms with E-state index in [4.69, 9.17) is 9.47 Å². The molecule has 0 aromatic rings. The third-order valence-corrected chi connectivity index (χ3v) is 13.3. The zero-order valence-corrected chi connectivity index (χ0v) is 39.4. The minimum atomic E-state index is -0.132. The molecule has 1 atom stereocenters. The lowest BCUT2D eigenvalue weighted by Crippen LogP contribution is -2.36. The molecule has 55 heavy (non-hydrogen) atoms. The smallest absolute Gasteiger partial charge is 0.306 e. The van der Waals surface area contributed by atoms with E-state index in [1.54, 1.807) is 0 Å². The molecule has 1 saturated heterocycles. The minimum absolute atomic E-state index is 0.00386. The molecule has 1 amide bonds. The van der Waals surface area contributed by atoms with Gasteiger partial charge in [0.25, 0.3) is 5.24 Å². The average molecular weight is 907 g/mol. The Labute approximate surface area is 358 Å². The van der Waals surface area contributed by atoms with Crippen LogP contribution in [0.5, 0.6) is 0 Å². The second kappa shape index (κ2) is 37.7. The Bertz CT molecular complexity index is 847. The number of hydrogen-bond acceptors (Lipinski definition) is 7. The van der Waals surface area contributed by atoms with Gasteiger partial charge < -0.3 is 14.4 Å². The van der Waals surface area contributed by atoms with Gasteiger partial charge in [0, 0.05) is 38.2 Å². The summed E-state index contributed by atoms with van der Waals surface area (Å²) < 4.78 is 13.2. The standard InChI is InChI=1S/C46H87IN2O5S/c1-5-9-13-17-21-29-42(30-22-18-14-10-6-2)53-44(50)33-26-36-49(46(52)55-39-41-28-25-35-48(38-41)40-47)37-27-34-45(51)54-43(31-23-19-15-11-7-3)32-24-20-16-12-8-4/h41-43H,5-40H2,1-4H3. The number of halogens is 1. The van der Waals surface area contributed by atoms with Crippen molar-refractivity contribution in [1.29, 1.82) is 0 Å². The second-order valence-electron chi connectivity index (χ2n) is 16.5. The van der Waals surface area contributed by atoms with Crippen LogP contribution in [0.3, 0.4) is 0 Å². The van der Waals surface area contributed by atoms with Gasteiger partial charge in [-0.15, -0.1) is 0 Å². The fourth-order valence-corrected chi connectivity index (χ4v) is 9.35. The first-order valence-corrected chi connectivity index (χ1v) is 26.0. The van der Waals surface area contributed by atoms with Gasteiger partial charge >= 0.3 is 11.9 Å². The van der Waals surface area contributed by atoms with Crippen molar-refractivity contribution in [3.05, 3.63) is 0 Å². The first-order chi connectivity index (χ1) is 26.9. The topological polar surface area (TPSA) is 76.1 Å². The summed E-state index contributed by atoms with van der Waals surface area (Å²) >= 11 is 3.86. The maximum atomic E-state index is 13.7. The second-order valence-corrected chi connectivity index (χ2v) is 18.2. The quantitative estimate of drug-likeness (QED) is 0.0202. The SMILES string of the molecule is CCCCCCCC(CCCCCCC)OC(=O)CCCN(CCCC(=O)OC(CCCCCCC)CCCCCCC)C(=O)SCC1CCCN(CI)C1. The van der Waals surface area contributed by atoms with Gasteiger partial charge in [0.15, 0.2) is 0 Å². The first-order valence-electron chi connectivity index (χ1n) is 23.5. The molecule has 0 N–H and O–H groups in total. The summed E-state index contributed by atoms with van der Waals surface area (Å²) in [6, 6.07) is 0. The average Bonchev–Trinajstić information content (AvgIpc) is 3.18. The normalized spacial score (nSPS) is 14.9. The van der Waals surface area contributed by atoms with E-state index in [9.17, 15) is 14.4 Å². The molecule has 0 bridgehead atoms. The number of thioether (sulfide) groups is 1. The lowest BCUT2D eigenvalue weighted by atomic mass is 10.0. The number of unbranched alkanes of at least 4 members (excludes halogenated alkanes) is 16. The summed E-state index contributed by atoms with van der Waals surface area (Å²) in [5.74, 6) is 1.08. The third-order valence-electron chi connectivity index (χ3n) is 11.2. The highest BCUT2D eigenvalue weighted by Gasteiger charge is 2.23. The van der Waals surface area contributed by atoms with Crippen LogP contribution < -0.4 is 0 Å². The fraction of sp³-hybridized carbons (Fsp3) is 0.935. The maximum Gasteiger partial charge on any atom is 0.306 e. The first kappa shape index (κ1) is 52.5. The van der Waals surface area contributed by atoms with Crippen molar-refractivity contribution >= 4 is 51.5 Å². The van der Waals surface area contributed by atoms with E-state index >= 15 is 0 Å². The number of hydrogen-bond donors (Lipinski definition) is 0. The Kier molecular flexibility index (Phi) is 36.0. The number of alkyl halides is 1. The number of piperidine rings is 1. The van der Waals surface area contributed by atoms with E-state index in [2.05, 4.69) is 55.2 Å². The van der Waals surface area contributed by atoms with Crippen LogP contribution in [-0.2, 0) is 19.1 Å². The largest absolute Gasteiger partial charge is 0.462 e. The lowest BCUT2D eigenvalue weighted by Gasteiger charge is -2.31. The van der Waals surface area contributed by atoms with Crippen LogP contribution in [0.1, 0.15) is 220 Å². The van der Waals surface area contributed by atoms with Gasteiger partial charge in [-0.05, 0) is 89.5 Å². The molecule has 1 aliphatic rings. The molecule has 0 spiro atoms. The number of amides is 1. The Morgan fingerprint density at radius 3 is 1.40 bits per heavy atom. The Morgan fingerprint density at radius 2 is 1.02 bits per heavy atom. The molecular weight excluding hydrogens is 819 g/mol. The van der Waals surface area contributed by atoms with E-state index in [1.807, 2.05) is 4.90 Å². The Balaban J connectivity index is 2.75. The molecule has 0 radical (unpaired) electrons. The molecule has 7 nitrogen and oxygen atoms in total. The van der Waals surface area contributed by atoms with Crippen molar-refractivity contribution in [2.45, 2.75) is 233 Å². The van der Waals surface area contributed by atoms with Crippen molar-refractivity contribution in [3.8, 4) is 0 Å². The van der Waals surface area contributed by atoms with E-state index in [-0.39, 0.29) is 29.4 Å². The molecule has 324 valence electrons. The molecule has 1 unspecified atom stereocenters. The summed E-state index contributed by atoms with van der Waals surface area (Å²) in [6.07, 6.45) is 32.3. The fourth-order valence-electron chi connectivity index (χ4n) is 7.72. The van der Waals surface area contributed by atoms with Crippen LogP contribution in [-0.4, -0.2) is 75.7 Å². The van der Waals surface area contributed by atoms with Crippen molar-refractivity contribution in [2.24, 2.45) is 5.92 Å². The summed E-state index contributed by atoms with van der Waals surface area (Å²) in [7, 11) is 0. The monoisotopic (exact) mass is 907 g/mol. The zero-order valence-electron chi connectivity index (χ0n) is 36.4. The number of carbonyl (C=O) groups is 3. The predicted octanol–water partition coefficient (Wildman–Crippen LogP) is 14.1. The van der Waals surface area contributed by atoms with E-state index in [0.717, 1.165) is 74.8 Å². The number of rotatable bonds is 37. The van der Waals surface area contributed by atoms with Crippen molar-refractivity contribution < 1.29 is 23.9 Å². The van der Waals surface area contributed by atoms with Gasteiger partial charge in [-0.25, -0.2) is 0 Å². The van der Waals surface area contributed by atoms with Crippen LogP contribution in [0.4, 0.5) is 4.79 Å². The molecule has 0 aliphatic carbocycles. The molecule has 0 aromatic heterocycles. The van der Waals surface area contributed by atoms with E-state index in [0.29, 0.717) is 44.7 Å². The minimum Gasteiger partial charge on any atom is -0.462 e. The van der Waals surface area contributed by atoms with Gasteiger partial charge in [-0.1, -0.05) is 165 Å². The van der Waals surface area contributed by atoms with Crippen LogP contribution in [0, 0.1) is 5.92 Å². The number of nitrogens with zero attached hydrogens (tertiary/aromatic N) is 2. The highest BCUT2D eigenvalue weighted by molar-refractivity contribution is 14.1. The van der Waals surface area contributed by atoms with Crippen LogP contribution in [0.15, 0.2) is 0 Å². The van der Waals surface area contributed by atoms with Gasteiger partial charge in [0.1, 0.15) is 12.2 Å². The van der Waals surface area contributed by atoms with Gasteiger partial charge in [-0.2, -0.15) is 0 Å². The third kappa shape index (κ3) is 30.2. The van der Waals surface area contributed by atoms with E-state index < -0.39 is 0 Å². The molecule has 0 aromatic carbocycles. The highest BCUT2D eigenvalue weighted by Crippen LogP contribution is 2.24. The summed E-state index contributed by atoms with van der Waals surface area (Å²) in [4.78, 5) is 44.3. The van der Waals surface area contributed by atoms with Gasteiger partial charge in [0.05, 0.1) is 4.55 Å². The molecule has 1 aliphatic heterocycles. The summed E-state index contributed by atoms with van der Waals surface area (Å²) in [6.45, 7) is 12.2. The van der Waals surface area contributed by atoms with Crippen molar-refractivity contribution in [1.82, 2.24) is 9.80 Å². The Hall–Kier alpha value is -0.550. The van der Waals surface area contributed by atoms with Crippen LogP contribution in [0.25, 0.3) is 0 Å². The number of likely N-dealkylation sites (tertiary alicyclic amines) is 1. The maximum absolute atomic E-state index is 13.7. The highest BCUT2D eigenvalue weighted by atomic mass is 127. The predicted molar refractivity (Wildman–Crippen MR) is 244 cm³/mol. The summed E-state index contributed by atoms with van der Waals surface area (Å²) in [5.41, 5.74) is 0. The van der Waals surface area contributed by atoms with Crippen LogP contribution >= 0.6 is 34.4 Å². The molecular formula is C46H87IN2O5S. The summed E-state index contributed by atoms with van der Waals surface area (Å²) in [5, 5.41) is 0.0717. The van der Waals surface area contributed by atoms with Gasteiger partial charge in [-0.3, -0.25) is 19.3 Å². The van der Waals surface area contributed by atoms with Gasteiger partial charge in [0.2, 0.25) is 0 Å². The number of esters is 2. The lowest BCUT2D eigenvalue weighted by molar-refractivity contribution is -0.150. The molecule has 1 heterocycles. The molecule has 0 saturated carbocycles. The Morgan fingerprint density at radius 1 is 0.618 bits per heavy atom. The van der Waals surface area contributed by atoms with Crippen molar-refractivity contribution in [3.63, 3.8) is 0 Å². The van der Waals surface area contributed by atoms with Crippen molar-refractivity contribution in [2.75, 3.05) is 36.5 Å². The molecule has 1 rings (SSSR count). The number of carbonyl (C=O) groups excluding carboxylic acids is 3.